The summed E-state index contributed by atoms with van der Waals surface area (Å²) in [5.41, 5.74) is 1.01. The zero-order chi connectivity index (χ0) is 23.5. The highest BCUT2D eigenvalue weighted by Crippen LogP contribution is 2.43. The number of anilines is 1. The first-order valence-electron chi connectivity index (χ1n) is 10.0. The van der Waals surface area contributed by atoms with E-state index in [0.717, 1.165) is 0 Å². The predicted molar refractivity (Wildman–Crippen MR) is 122 cm³/mol. The number of amides is 1. The molecule has 10 heteroatoms. The molecule has 8 nitrogen and oxygen atoms in total. The van der Waals surface area contributed by atoms with E-state index in [0.29, 0.717) is 33.9 Å². The minimum absolute atomic E-state index is 0.0331. The molecule has 1 aliphatic heterocycles. The number of nitrogens with zero attached hydrogens (tertiary/aromatic N) is 1. The fraction of sp³-hybridized carbons (Fsp3) is 0.261. The van der Waals surface area contributed by atoms with Gasteiger partial charge in [0.2, 0.25) is 5.91 Å². The van der Waals surface area contributed by atoms with Crippen molar-refractivity contribution in [2.45, 2.75) is 23.2 Å². The van der Waals surface area contributed by atoms with Crippen LogP contribution < -0.4 is 25.1 Å². The molecule has 1 atom stereocenters. The molecular formula is C23H22FN3O5S. The number of ether oxygens (including phenoxy) is 3. The van der Waals surface area contributed by atoms with Crippen molar-refractivity contribution in [3.8, 4) is 17.2 Å². The fourth-order valence-electron chi connectivity index (χ4n) is 3.77. The third kappa shape index (κ3) is 4.51. The Labute approximate surface area is 193 Å². The smallest absolute Gasteiger partial charge is 0.257 e. The number of aromatic amines is 1. The molecule has 0 unspecified atom stereocenters. The lowest BCUT2D eigenvalue weighted by Crippen LogP contribution is -2.31. The zero-order valence-corrected chi connectivity index (χ0v) is 19.0. The Bertz CT molecular complexity index is 1260. The largest absolute Gasteiger partial charge is 0.496 e. The Morgan fingerprint density at radius 2 is 1.76 bits per heavy atom. The summed E-state index contributed by atoms with van der Waals surface area (Å²) in [4.78, 5) is 32.8. The highest BCUT2D eigenvalue weighted by atomic mass is 32.2. The lowest BCUT2D eigenvalue weighted by molar-refractivity contribution is -0.116. The molecule has 2 aromatic carbocycles. The Hall–Kier alpha value is -3.53. The van der Waals surface area contributed by atoms with E-state index >= 15 is 0 Å². The molecule has 4 rings (SSSR count). The van der Waals surface area contributed by atoms with Crippen LogP contribution in [0.1, 0.15) is 29.0 Å². The van der Waals surface area contributed by atoms with Crippen LogP contribution in [0.2, 0.25) is 0 Å². The lowest BCUT2D eigenvalue weighted by Gasteiger charge is -2.26. The van der Waals surface area contributed by atoms with Crippen LogP contribution in [-0.4, -0.2) is 37.2 Å². The predicted octanol–water partition coefficient (Wildman–Crippen LogP) is 3.70. The van der Waals surface area contributed by atoms with E-state index in [9.17, 15) is 14.0 Å². The molecule has 0 saturated carbocycles. The molecule has 0 fully saturated rings. The Balaban J connectivity index is 1.73. The summed E-state index contributed by atoms with van der Waals surface area (Å²) in [7, 11) is 4.51. The molecule has 0 bridgehead atoms. The molecule has 1 aliphatic rings. The van der Waals surface area contributed by atoms with Gasteiger partial charge in [-0.25, -0.2) is 9.37 Å². The number of hydrogen-bond acceptors (Lipinski definition) is 7. The van der Waals surface area contributed by atoms with Crippen LogP contribution in [0.5, 0.6) is 17.2 Å². The van der Waals surface area contributed by atoms with Crippen LogP contribution in [-0.2, 0) is 10.5 Å². The van der Waals surface area contributed by atoms with Gasteiger partial charge in [-0.2, -0.15) is 0 Å². The van der Waals surface area contributed by atoms with E-state index in [1.165, 1.54) is 39.2 Å². The van der Waals surface area contributed by atoms with E-state index < -0.39 is 11.5 Å². The number of fused-ring (bicyclic) bond motifs is 1. The van der Waals surface area contributed by atoms with E-state index in [1.807, 2.05) is 0 Å². The Morgan fingerprint density at radius 1 is 1.06 bits per heavy atom. The second-order valence-corrected chi connectivity index (χ2v) is 8.23. The second kappa shape index (κ2) is 9.53. The number of hydrogen-bond donors (Lipinski definition) is 2. The number of nitrogens with one attached hydrogen (secondary N) is 2. The van der Waals surface area contributed by atoms with Crippen molar-refractivity contribution in [1.82, 2.24) is 9.97 Å². The second-order valence-electron chi connectivity index (χ2n) is 7.27. The first-order valence-corrected chi connectivity index (χ1v) is 11.0. The molecular weight excluding hydrogens is 449 g/mol. The summed E-state index contributed by atoms with van der Waals surface area (Å²) in [5.74, 6) is 0.586. The van der Waals surface area contributed by atoms with Gasteiger partial charge in [-0.3, -0.25) is 9.59 Å². The number of carbonyl (C=O) groups excluding carboxylic acids is 1. The highest BCUT2D eigenvalue weighted by Gasteiger charge is 2.33. The number of aromatic nitrogens is 2. The Morgan fingerprint density at radius 3 is 2.45 bits per heavy atom. The molecule has 0 aliphatic carbocycles. The SMILES string of the molecule is COc1cc(OC)c([C@H]2CC(=O)Nc3nc(SCc4ccccc4F)[nH]c(=O)c32)cc1OC. The number of methoxy groups -OCH3 is 3. The summed E-state index contributed by atoms with van der Waals surface area (Å²) in [6, 6.07) is 9.75. The van der Waals surface area contributed by atoms with Gasteiger partial charge in [0.25, 0.3) is 5.56 Å². The maximum atomic E-state index is 13.9. The highest BCUT2D eigenvalue weighted by molar-refractivity contribution is 7.98. The average Bonchev–Trinajstić information content (AvgIpc) is 2.81. The van der Waals surface area contributed by atoms with Gasteiger partial charge in [0.05, 0.1) is 26.9 Å². The topological polar surface area (TPSA) is 103 Å². The van der Waals surface area contributed by atoms with E-state index in [1.54, 1.807) is 30.3 Å². The molecule has 3 aromatic rings. The van der Waals surface area contributed by atoms with Gasteiger partial charge in [-0.1, -0.05) is 30.0 Å². The van der Waals surface area contributed by atoms with Gasteiger partial charge in [-0.15, -0.1) is 0 Å². The summed E-state index contributed by atoms with van der Waals surface area (Å²) < 4.78 is 30.2. The van der Waals surface area contributed by atoms with Crippen LogP contribution in [0, 0.1) is 5.82 Å². The number of thioether (sulfide) groups is 1. The van der Waals surface area contributed by atoms with Crippen molar-refractivity contribution < 1.29 is 23.4 Å². The van der Waals surface area contributed by atoms with Crippen LogP contribution in [0.25, 0.3) is 0 Å². The van der Waals surface area contributed by atoms with Crippen LogP contribution in [0.4, 0.5) is 10.2 Å². The van der Waals surface area contributed by atoms with Crippen molar-refractivity contribution >= 4 is 23.5 Å². The van der Waals surface area contributed by atoms with E-state index in [4.69, 9.17) is 14.2 Å². The van der Waals surface area contributed by atoms with E-state index in [2.05, 4.69) is 15.3 Å². The van der Waals surface area contributed by atoms with Gasteiger partial charge in [0.1, 0.15) is 17.4 Å². The number of halogens is 1. The van der Waals surface area contributed by atoms with Crippen LogP contribution in [0.15, 0.2) is 46.3 Å². The van der Waals surface area contributed by atoms with Crippen molar-refractivity contribution in [3.05, 3.63) is 69.3 Å². The minimum Gasteiger partial charge on any atom is -0.496 e. The Kier molecular flexibility index (Phi) is 6.55. The molecule has 33 heavy (non-hydrogen) atoms. The molecule has 0 radical (unpaired) electrons. The van der Waals surface area contributed by atoms with Crippen molar-refractivity contribution in [1.29, 1.82) is 0 Å². The summed E-state index contributed by atoms with van der Waals surface area (Å²) in [6.07, 6.45) is 0.0331. The fourth-order valence-corrected chi connectivity index (χ4v) is 4.62. The van der Waals surface area contributed by atoms with Gasteiger partial charge >= 0.3 is 0 Å². The molecule has 172 valence electrons. The molecule has 2 heterocycles. The minimum atomic E-state index is -0.606. The summed E-state index contributed by atoms with van der Waals surface area (Å²) >= 11 is 1.17. The normalized spacial score (nSPS) is 14.9. The first-order chi connectivity index (χ1) is 15.9. The molecule has 1 amide bonds. The third-order valence-electron chi connectivity index (χ3n) is 5.36. The average molecular weight is 472 g/mol. The third-order valence-corrected chi connectivity index (χ3v) is 6.29. The summed E-state index contributed by atoms with van der Waals surface area (Å²) in [5, 5.41) is 2.96. The maximum absolute atomic E-state index is 13.9. The van der Waals surface area contributed by atoms with Gasteiger partial charge in [-0.05, 0) is 17.7 Å². The number of carbonyl (C=O) groups is 1. The lowest BCUT2D eigenvalue weighted by atomic mass is 9.86. The van der Waals surface area contributed by atoms with Gasteiger partial charge in [0, 0.05) is 29.7 Å². The molecule has 0 saturated heterocycles. The van der Waals surface area contributed by atoms with Gasteiger partial charge < -0.3 is 24.5 Å². The van der Waals surface area contributed by atoms with Crippen molar-refractivity contribution in [2.24, 2.45) is 0 Å². The number of rotatable bonds is 7. The maximum Gasteiger partial charge on any atom is 0.257 e. The summed E-state index contributed by atoms with van der Waals surface area (Å²) in [6.45, 7) is 0. The van der Waals surface area contributed by atoms with Gasteiger partial charge in [0.15, 0.2) is 16.7 Å². The van der Waals surface area contributed by atoms with Crippen LogP contribution in [0.3, 0.4) is 0 Å². The molecule has 1 aromatic heterocycles. The first kappa shape index (κ1) is 22.7. The van der Waals surface area contributed by atoms with E-state index in [-0.39, 0.29) is 34.9 Å². The number of benzene rings is 2. The number of H-pyrrole nitrogens is 1. The van der Waals surface area contributed by atoms with Crippen LogP contribution >= 0.6 is 11.8 Å². The standard InChI is InChI=1S/C23H22FN3O5S/c1-30-16-10-18(32-3)17(31-2)8-13(16)14-9-19(28)25-21-20(14)22(29)27-23(26-21)33-11-12-6-4-5-7-15(12)24/h4-8,10,14H,9,11H2,1-3H3,(H2,25,26,27,28,29)/t14-/m1/s1. The van der Waals surface area contributed by atoms with Crippen molar-refractivity contribution in [2.75, 3.05) is 26.6 Å². The monoisotopic (exact) mass is 471 g/mol. The quantitative estimate of drug-likeness (QED) is 0.400. The van der Waals surface area contributed by atoms with Crippen molar-refractivity contribution in [3.63, 3.8) is 0 Å². The molecule has 2 N–H and O–H groups in total. The molecule has 0 spiro atoms. The zero-order valence-electron chi connectivity index (χ0n) is 18.2.